The van der Waals surface area contributed by atoms with E-state index in [9.17, 15) is 24.0 Å². The van der Waals surface area contributed by atoms with Crippen LogP contribution >= 0.6 is 0 Å². The molecule has 4 rings (SSSR count). The number of ketones is 3. The first-order valence-electron chi connectivity index (χ1n) is 11.9. The molecule has 188 valence electrons. The molecule has 0 bridgehead atoms. The van der Waals surface area contributed by atoms with Gasteiger partial charge < -0.3 is 14.8 Å². The molecule has 0 aromatic heterocycles. The molecule has 1 N–H and O–H groups in total. The first kappa shape index (κ1) is 25.5. The number of esters is 1. The predicted octanol–water partition coefficient (Wildman–Crippen LogP) is 4.40. The Kier molecular flexibility index (Phi) is 7.88. The van der Waals surface area contributed by atoms with E-state index in [0.29, 0.717) is 34.7 Å². The lowest BCUT2D eigenvalue weighted by Crippen LogP contribution is -2.23. The van der Waals surface area contributed by atoms with Gasteiger partial charge in [-0.05, 0) is 48.9 Å². The topological polar surface area (TPSA) is 116 Å². The highest BCUT2D eigenvalue weighted by molar-refractivity contribution is 6.28. The minimum absolute atomic E-state index is 0.0575. The molecule has 0 saturated heterocycles. The van der Waals surface area contributed by atoms with Gasteiger partial charge >= 0.3 is 5.97 Å². The average Bonchev–Trinajstić information content (AvgIpc) is 2.92. The monoisotopic (exact) mass is 499 g/mol. The Bertz CT molecular complexity index is 1380. The van der Waals surface area contributed by atoms with Gasteiger partial charge in [0.05, 0.1) is 13.0 Å². The summed E-state index contributed by atoms with van der Waals surface area (Å²) in [6, 6.07) is 17.7. The van der Waals surface area contributed by atoms with Gasteiger partial charge in [0.1, 0.15) is 5.75 Å². The lowest BCUT2D eigenvalue weighted by atomic mass is 9.84. The Morgan fingerprint density at radius 3 is 2.11 bits per heavy atom. The molecule has 3 aromatic rings. The van der Waals surface area contributed by atoms with Gasteiger partial charge in [0.15, 0.2) is 24.0 Å². The Balaban J connectivity index is 1.26. The predicted molar refractivity (Wildman–Crippen MR) is 135 cm³/mol. The molecule has 0 unspecified atom stereocenters. The zero-order valence-corrected chi connectivity index (χ0v) is 20.2. The minimum Gasteiger partial charge on any atom is -0.494 e. The van der Waals surface area contributed by atoms with Crippen molar-refractivity contribution >= 4 is 34.9 Å². The molecule has 8 nitrogen and oxygen atoms in total. The van der Waals surface area contributed by atoms with Gasteiger partial charge in [0, 0.05) is 39.9 Å². The van der Waals surface area contributed by atoms with E-state index in [2.05, 4.69) is 5.32 Å². The fourth-order valence-electron chi connectivity index (χ4n) is 3.91. The van der Waals surface area contributed by atoms with E-state index in [4.69, 9.17) is 9.47 Å². The molecule has 0 atom stereocenters. The SMILES string of the molecule is CCCOc1ccc(C(=O)CCC(=O)OCC(=O)Nc2ccc3c(c2)C(=O)c2ccccc2C3=O)cc1. The van der Waals surface area contributed by atoms with Crippen LogP contribution in [0.3, 0.4) is 0 Å². The van der Waals surface area contributed by atoms with Crippen molar-refractivity contribution in [3.05, 3.63) is 94.5 Å². The van der Waals surface area contributed by atoms with Crippen molar-refractivity contribution in [3.63, 3.8) is 0 Å². The summed E-state index contributed by atoms with van der Waals surface area (Å²) in [6.45, 7) is 2.04. The Hall–Kier alpha value is -4.59. The number of rotatable bonds is 10. The van der Waals surface area contributed by atoms with E-state index in [0.717, 1.165) is 6.42 Å². The average molecular weight is 500 g/mol. The fraction of sp³-hybridized carbons (Fsp3) is 0.207. The van der Waals surface area contributed by atoms with Crippen LogP contribution in [0.5, 0.6) is 5.75 Å². The van der Waals surface area contributed by atoms with E-state index in [-0.39, 0.29) is 41.3 Å². The van der Waals surface area contributed by atoms with Gasteiger partial charge in [-0.3, -0.25) is 24.0 Å². The van der Waals surface area contributed by atoms with Gasteiger partial charge in [0.2, 0.25) is 0 Å². The summed E-state index contributed by atoms with van der Waals surface area (Å²) in [5.41, 5.74) is 1.87. The fourth-order valence-corrected chi connectivity index (χ4v) is 3.91. The molecule has 1 aliphatic carbocycles. The van der Waals surface area contributed by atoms with E-state index in [1.807, 2.05) is 6.92 Å². The summed E-state index contributed by atoms with van der Waals surface area (Å²) < 4.78 is 10.5. The normalized spacial score (nSPS) is 11.8. The van der Waals surface area contributed by atoms with Crippen molar-refractivity contribution in [1.82, 2.24) is 0 Å². The van der Waals surface area contributed by atoms with Crippen LogP contribution in [0.1, 0.15) is 68.4 Å². The number of hydrogen-bond donors (Lipinski definition) is 1. The molecule has 0 heterocycles. The number of carbonyl (C=O) groups is 5. The van der Waals surface area contributed by atoms with E-state index in [1.54, 1.807) is 48.5 Å². The summed E-state index contributed by atoms with van der Waals surface area (Å²) in [5.74, 6) is -1.42. The van der Waals surface area contributed by atoms with Crippen LogP contribution in [0.4, 0.5) is 5.69 Å². The van der Waals surface area contributed by atoms with Crippen molar-refractivity contribution < 1.29 is 33.4 Å². The minimum atomic E-state index is -0.686. The van der Waals surface area contributed by atoms with Crippen molar-refractivity contribution in [3.8, 4) is 5.75 Å². The van der Waals surface area contributed by atoms with Gasteiger partial charge in [0.25, 0.3) is 5.91 Å². The van der Waals surface area contributed by atoms with E-state index >= 15 is 0 Å². The lowest BCUT2D eigenvalue weighted by Gasteiger charge is -2.18. The summed E-state index contributed by atoms with van der Waals surface area (Å²) in [4.78, 5) is 62.2. The van der Waals surface area contributed by atoms with Gasteiger partial charge in [-0.25, -0.2) is 0 Å². The van der Waals surface area contributed by atoms with Crippen molar-refractivity contribution in [1.29, 1.82) is 0 Å². The third-order valence-electron chi connectivity index (χ3n) is 5.78. The number of Topliss-reactive ketones (excluding diaryl/α,β-unsaturated/α-hetero) is 1. The third kappa shape index (κ3) is 5.98. The van der Waals surface area contributed by atoms with Crippen molar-refractivity contribution in [2.75, 3.05) is 18.5 Å². The van der Waals surface area contributed by atoms with Crippen LogP contribution in [0.25, 0.3) is 0 Å². The van der Waals surface area contributed by atoms with Gasteiger partial charge in [-0.15, -0.1) is 0 Å². The highest BCUT2D eigenvalue weighted by Gasteiger charge is 2.29. The lowest BCUT2D eigenvalue weighted by molar-refractivity contribution is -0.147. The molecule has 0 spiro atoms. The number of hydrogen-bond acceptors (Lipinski definition) is 7. The number of amides is 1. The van der Waals surface area contributed by atoms with Crippen molar-refractivity contribution in [2.24, 2.45) is 0 Å². The van der Waals surface area contributed by atoms with Crippen LogP contribution < -0.4 is 10.1 Å². The highest BCUT2D eigenvalue weighted by atomic mass is 16.5. The van der Waals surface area contributed by atoms with Gasteiger partial charge in [-0.2, -0.15) is 0 Å². The molecule has 37 heavy (non-hydrogen) atoms. The largest absolute Gasteiger partial charge is 0.494 e. The Morgan fingerprint density at radius 1 is 0.784 bits per heavy atom. The molecule has 0 aliphatic heterocycles. The molecule has 0 saturated carbocycles. The first-order valence-corrected chi connectivity index (χ1v) is 11.9. The van der Waals surface area contributed by atoms with Gasteiger partial charge in [-0.1, -0.05) is 31.2 Å². The second-order valence-corrected chi connectivity index (χ2v) is 8.47. The molecular formula is C29H25NO7. The number of carbonyl (C=O) groups excluding carboxylic acids is 5. The van der Waals surface area contributed by atoms with E-state index in [1.165, 1.54) is 18.2 Å². The number of anilines is 1. The van der Waals surface area contributed by atoms with Crippen molar-refractivity contribution in [2.45, 2.75) is 26.2 Å². The number of nitrogens with one attached hydrogen (secondary N) is 1. The molecule has 1 amide bonds. The Morgan fingerprint density at radius 2 is 1.43 bits per heavy atom. The van der Waals surface area contributed by atoms with Crippen LogP contribution in [-0.2, 0) is 14.3 Å². The number of ether oxygens (including phenoxy) is 2. The van der Waals surface area contributed by atoms with Crippen LogP contribution in [0.15, 0.2) is 66.7 Å². The standard InChI is InChI=1S/C29H25NO7/c1-2-15-36-20-10-7-18(8-11-20)25(31)13-14-27(33)37-17-26(32)30-19-9-12-23-24(16-19)29(35)22-6-4-3-5-21(22)28(23)34/h3-12,16H,2,13-15,17H2,1H3,(H,30,32). The Labute approximate surface area is 213 Å². The summed E-state index contributed by atoms with van der Waals surface area (Å²) in [5, 5.41) is 2.56. The quantitative estimate of drug-likeness (QED) is 0.254. The third-order valence-corrected chi connectivity index (χ3v) is 5.78. The smallest absolute Gasteiger partial charge is 0.306 e. The maximum atomic E-state index is 12.8. The molecule has 3 aromatic carbocycles. The zero-order valence-electron chi connectivity index (χ0n) is 20.2. The maximum absolute atomic E-state index is 12.8. The second kappa shape index (κ2) is 11.4. The molecule has 1 aliphatic rings. The zero-order chi connectivity index (χ0) is 26.4. The first-order chi connectivity index (χ1) is 17.9. The molecule has 0 radical (unpaired) electrons. The number of benzene rings is 3. The summed E-state index contributed by atoms with van der Waals surface area (Å²) in [6.07, 6.45) is 0.650. The molecular weight excluding hydrogens is 474 g/mol. The number of fused-ring (bicyclic) bond motifs is 2. The molecule has 8 heteroatoms. The second-order valence-electron chi connectivity index (χ2n) is 8.47. The highest BCUT2D eigenvalue weighted by Crippen LogP contribution is 2.29. The van der Waals surface area contributed by atoms with Crippen LogP contribution in [0, 0.1) is 0 Å². The summed E-state index contributed by atoms with van der Waals surface area (Å²) in [7, 11) is 0. The summed E-state index contributed by atoms with van der Waals surface area (Å²) >= 11 is 0. The van der Waals surface area contributed by atoms with Crippen LogP contribution in [0.2, 0.25) is 0 Å². The van der Waals surface area contributed by atoms with E-state index < -0.39 is 18.5 Å². The van der Waals surface area contributed by atoms with Crippen LogP contribution in [-0.4, -0.2) is 42.4 Å². The molecule has 0 fully saturated rings. The maximum Gasteiger partial charge on any atom is 0.306 e.